The number of benzene rings is 1. The highest BCUT2D eigenvalue weighted by molar-refractivity contribution is 5.84. The molecule has 1 aliphatic heterocycles. The second kappa shape index (κ2) is 5.31. The van der Waals surface area contributed by atoms with Crippen LogP contribution in [0.1, 0.15) is 24.5 Å². The summed E-state index contributed by atoms with van der Waals surface area (Å²) >= 11 is 0. The van der Waals surface area contributed by atoms with Crippen LogP contribution in [0.5, 0.6) is 0 Å². The molecule has 0 amide bonds. The van der Waals surface area contributed by atoms with Gasteiger partial charge in [0.1, 0.15) is 0 Å². The first-order valence-corrected chi connectivity index (χ1v) is 6.91. The van der Waals surface area contributed by atoms with E-state index in [1.54, 1.807) is 0 Å². The minimum Gasteiger partial charge on any atom is -0.380 e. The van der Waals surface area contributed by atoms with Crippen molar-refractivity contribution in [3.05, 3.63) is 71.4 Å². The molecular formula is C18H19N. The van der Waals surface area contributed by atoms with Crippen molar-refractivity contribution in [2.75, 3.05) is 11.9 Å². The van der Waals surface area contributed by atoms with Gasteiger partial charge in [-0.25, -0.2) is 0 Å². The molecule has 0 bridgehead atoms. The Kier molecular flexibility index (Phi) is 3.37. The van der Waals surface area contributed by atoms with E-state index in [1.165, 1.54) is 28.0 Å². The van der Waals surface area contributed by atoms with E-state index in [9.17, 15) is 0 Å². The molecule has 0 saturated carbocycles. The lowest BCUT2D eigenvalue weighted by atomic mass is 9.99. The van der Waals surface area contributed by atoms with E-state index in [-0.39, 0.29) is 0 Å². The van der Waals surface area contributed by atoms with Crippen molar-refractivity contribution in [3.63, 3.8) is 0 Å². The van der Waals surface area contributed by atoms with Gasteiger partial charge in [0.15, 0.2) is 0 Å². The molecule has 0 aromatic heterocycles. The van der Waals surface area contributed by atoms with Gasteiger partial charge < -0.3 is 5.32 Å². The lowest BCUT2D eigenvalue weighted by Crippen LogP contribution is -1.91. The van der Waals surface area contributed by atoms with Gasteiger partial charge in [-0.3, -0.25) is 0 Å². The summed E-state index contributed by atoms with van der Waals surface area (Å²) in [5, 5.41) is 3.44. The maximum absolute atomic E-state index is 3.44. The van der Waals surface area contributed by atoms with Gasteiger partial charge in [0.25, 0.3) is 0 Å². The Morgan fingerprint density at radius 2 is 2.21 bits per heavy atom. The molecule has 0 atom stereocenters. The van der Waals surface area contributed by atoms with Gasteiger partial charge in [-0.2, -0.15) is 0 Å². The first-order valence-electron chi connectivity index (χ1n) is 6.91. The van der Waals surface area contributed by atoms with Gasteiger partial charge >= 0.3 is 0 Å². The number of hydrogen-bond donors (Lipinski definition) is 1. The van der Waals surface area contributed by atoms with Crippen molar-refractivity contribution in [1.82, 2.24) is 0 Å². The molecule has 1 aromatic rings. The van der Waals surface area contributed by atoms with Crippen LogP contribution in [-0.2, 0) is 6.42 Å². The van der Waals surface area contributed by atoms with E-state index in [2.05, 4.69) is 66.9 Å². The summed E-state index contributed by atoms with van der Waals surface area (Å²) in [6, 6.07) is 6.77. The monoisotopic (exact) mass is 249 g/mol. The third-order valence-electron chi connectivity index (χ3n) is 3.73. The van der Waals surface area contributed by atoms with Crippen molar-refractivity contribution in [1.29, 1.82) is 0 Å². The Morgan fingerprint density at radius 3 is 3.11 bits per heavy atom. The summed E-state index contributed by atoms with van der Waals surface area (Å²) in [5.41, 5.74) is 6.83. The maximum atomic E-state index is 3.44. The molecule has 0 unspecified atom stereocenters. The summed E-state index contributed by atoms with van der Waals surface area (Å²) in [7, 11) is 0. The Hall–Kier alpha value is -2.02. The average molecular weight is 249 g/mol. The molecule has 1 N–H and O–H groups in total. The summed E-state index contributed by atoms with van der Waals surface area (Å²) in [4.78, 5) is 0. The van der Waals surface area contributed by atoms with Gasteiger partial charge in [-0.1, -0.05) is 42.5 Å². The van der Waals surface area contributed by atoms with E-state index >= 15 is 0 Å². The predicted octanol–water partition coefficient (Wildman–Crippen LogP) is 4.50. The van der Waals surface area contributed by atoms with Gasteiger partial charge in [0.05, 0.1) is 0 Å². The van der Waals surface area contributed by atoms with E-state index in [4.69, 9.17) is 0 Å². The van der Waals surface area contributed by atoms with Crippen molar-refractivity contribution in [2.24, 2.45) is 0 Å². The Bertz CT molecular complexity index is 600. The summed E-state index contributed by atoms with van der Waals surface area (Å²) in [6.45, 7) is 3.07. The fourth-order valence-electron chi connectivity index (χ4n) is 2.65. The molecule has 0 spiro atoms. The van der Waals surface area contributed by atoms with Crippen molar-refractivity contribution in [2.45, 2.75) is 19.8 Å². The van der Waals surface area contributed by atoms with E-state index in [0.29, 0.717) is 0 Å². The van der Waals surface area contributed by atoms with Crippen molar-refractivity contribution in [3.8, 4) is 0 Å². The topological polar surface area (TPSA) is 12.0 Å². The fraction of sp³-hybridized carbons (Fsp3) is 0.222. The summed E-state index contributed by atoms with van der Waals surface area (Å²) < 4.78 is 0. The summed E-state index contributed by atoms with van der Waals surface area (Å²) in [5.74, 6) is 0. The minimum absolute atomic E-state index is 0.960. The van der Waals surface area contributed by atoms with E-state index < -0.39 is 0 Å². The zero-order valence-corrected chi connectivity index (χ0v) is 11.3. The van der Waals surface area contributed by atoms with Crippen molar-refractivity contribution >= 4 is 11.3 Å². The highest BCUT2D eigenvalue weighted by atomic mass is 14.9. The highest BCUT2D eigenvalue weighted by Gasteiger charge is 2.14. The van der Waals surface area contributed by atoms with Crippen LogP contribution in [0.15, 0.2) is 60.2 Å². The van der Waals surface area contributed by atoms with Crippen LogP contribution in [0.3, 0.4) is 0 Å². The lowest BCUT2D eigenvalue weighted by Gasteiger charge is -2.06. The number of nitrogens with one attached hydrogen (secondary N) is 1. The molecule has 3 rings (SSSR count). The van der Waals surface area contributed by atoms with Crippen LogP contribution in [0, 0.1) is 0 Å². The molecule has 0 radical (unpaired) electrons. The average Bonchev–Trinajstić information content (AvgIpc) is 2.66. The molecule has 96 valence electrons. The third kappa shape index (κ3) is 2.55. The molecule has 1 nitrogen and oxygen atoms in total. The SMILES string of the molecule is C/C=C1\CNc2ccc(CC3=CCC=CC=C3)cc21. The van der Waals surface area contributed by atoms with Crippen LogP contribution in [0.25, 0.3) is 5.57 Å². The normalized spacial score (nSPS) is 19.0. The minimum atomic E-state index is 0.960. The number of allylic oxidation sites excluding steroid dienone is 7. The molecule has 1 heteroatoms. The number of fused-ring (bicyclic) bond motifs is 1. The molecule has 0 saturated heterocycles. The standard InChI is InChI=1S/C18H19N/c1-2-16-13-19-18-10-9-15(12-17(16)18)11-14-7-5-3-4-6-8-14/h2-5,7-10,12,19H,6,11,13H2,1H3/b16-2+. The van der Waals surface area contributed by atoms with Gasteiger partial charge in [-0.15, -0.1) is 0 Å². The molecule has 19 heavy (non-hydrogen) atoms. The number of rotatable bonds is 2. The fourth-order valence-corrected chi connectivity index (χ4v) is 2.65. The first kappa shape index (κ1) is 12.0. The first-order chi connectivity index (χ1) is 9.36. The second-order valence-corrected chi connectivity index (χ2v) is 5.03. The predicted molar refractivity (Wildman–Crippen MR) is 83.3 cm³/mol. The molecular weight excluding hydrogens is 230 g/mol. The van der Waals surface area contributed by atoms with Gasteiger partial charge in [0.2, 0.25) is 0 Å². The second-order valence-electron chi connectivity index (χ2n) is 5.03. The highest BCUT2D eigenvalue weighted by Crippen LogP contribution is 2.31. The van der Waals surface area contributed by atoms with Gasteiger partial charge in [0, 0.05) is 17.8 Å². The number of hydrogen-bond acceptors (Lipinski definition) is 1. The third-order valence-corrected chi connectivity index (χ3v) is 3.73. The van der Waals surface area contributed by atoms with Crippen LogP contribution >= 0.6 is 0 Å². The Morgan fingerprint density at radius 1 is 1.26 bits per heavy atom. The zero-order chi connectivity index (χ0) is 13.1. The van der Waals surface area contributed by atoms with Crippen LogP contribution < -0.4 is 5.32 Å². The molecule has 0 fully saturated rings. The number of anilines is 1. The molecule has 2 aliphatic rings. The molecule has 1 heterocycles. The lowest BCUT2D eigenvalue weighted by molar-refractivity contribution is 1.17. The zero-order valence-electron chi connectivity index (χ0n) is 11.3. The van der Waals surface area contributed by atoms with Crippen LogP contribution in [0.4, 0.5) is 5.69 Å². The Labute approximate surface area is 115 Å². The van der Waals surface area contributed by atoms with Gasteiger partial charge in [-0.05, 0) is 48.6 Å². The van der Waals surface area contributed by atoms with E-state index in [1.807, 2.05) is 0 Å². The molecule has 1 aromatic carbocycles. The quantitative estimate of drug-likeness (QED) is 0.813. The largest absolute Gasteiger partial charge is 0.380 e. The maximum Gasteiger partial charge on any atom is 0.0420 e. The Balaban J connectivity index is 1.85. The van der Waals surface area contributed by atoms with Crippen LogP contribution in [0.2, 0.25) is 0 Å². The molecule has 1 aliphatic carbocycles. The smallest absolute Gasteiger partial charge is 0.0420 e. The van der Waals surface area contributed by atoms with E-state index in [0.717, 1.165) is 19.4 Å². The summed E-state index contributed by atoms with van der Waals surface area (Å²) in [6.07, 6.45) is 15.2. The van der Waals surface area contributed by atoms with Crippen molar-refractivity contribution < 1.29 is 0 Å². The van der Waals surface area contributed by atoms with Crippen LogP contribution in [-0.4, -0.2) is 6.54 Å².